The van der Waals surface area contributed by atoms with Gasteiger partial charge in [-0.05, 0) is 0 Å². The Bertz CT molecular complexity index is 8.75. The number of rotatable bonds is 0. The van der Waals surface area contributed by atoms with Gasteiger partial charge in [0.2, 0.25) is 0 Å². The molecule has 10 N–H and O–H groups in total. The number of hydrogen-bond acceptors (Lipinski definition) is 0. The molecular weight excluding hydrogens is 131 g/mol. The molecule has 0 aliphatic carbocycles. The van der Waals surface area contributed by atoms with Crippen molar-refractivity contribution in [2.75, 3.05) is 0 Å². The molecule has 0 aliphatic heterocycles. The Labute approximate surface area is 46.7 Å². The van der Waals surface area contributed by atoms with Gasteiger partial charge in [-0.2, -0.15) is 0 Å². The second-order valence-electron chi connectivity index (χ2n) is 0. The Balaban J connectivity index is 0. The first-order chi connectivity index (χ1) is 0. The molecule has 0 fully saturated rings. The minimum atomic E-state index is 0. The molecule has 1 radical (unpaired) electrons. The summed E-state index contributed by atoms with van der Waals surface area (Å²) in [6.07, 6.45) is 0. The maximum Gasteiger partial charge on any atom is 2.00 e. The van der Waals surface area contributed by atoms with Gasteiger partial charge in [-0.3, -0.25) is 0 Å². The van der Waals surface area contributed by atoms with Gasteiger partial charge in [-0.15, -0.1) is 0 Å². The van der Waals surface area contributed by atoms with Gasteiger partial charge < -0.3 is 28.7 Å². The molecule has 0 aromatic carbocycles. The summed E-state index contributed by atoms with van der Waals surface area (Å²) in [5, 5.41) is 0. The molecule has 0 unspecified atom stereocenters. The Morgan fingerprint density at radius 2 is 0.500 bits per heavy atom. The van der Waals surface area contributed by atoms with Crippen molar-refractivity contribution in [1.82, 2.24) is 0 Å². The van der Waals surface area contributed by atoms with E-state index in [0.717, 1.165) is 0 Å². The van der Waals surface area contributed by atoms with E-state index in [1.54, 1.807) is 0 Å². The van der Waals surface area contributed by atoms with Crippen molar-refractivity contribution in [3.8, 4) is 0 Å². The van der Waals surface area contributed by atoms with E-state index in [4.69, 9.17) is 0 Å². The first kappa shape index (κ1) is 1750. The Morgan fingerprint density at radius 3 is 0.500 bits per heavy atom. The SMILES string of the molecule is O.O.O.[Mn+2].[NH2-].[NH2-]. The predicted molar refractivity (Wildman–Crippen MR) is 21.4 cm³/mol. The minimum absolute atomic E-state index is 0. The molecule has 0 aromatic heterocycles. The molecule has 5 nitrogen and oxygen atoms in total. The van der Waals surface area contributed by atoms with Gasteiger partial charge in [0.25, 0.3) is 0 Å². The Kier molecular flexibility index (Phi) is 284000. The average molecular weight is 141 g/mol. The summed E-state index contributed by atoms with van der Waals surface area (Å²) >= 11 is 0. The third-order valence-corrected chi connectivity index (χ3v) is 0. The van der Waals surface area contributed by atoms with Gasteiger partial charge in [0, 0.05) is 0 Å². The summed E-state index contributed by atoms with van der Waals surface area (Å²) < 4.78 is 0. The van der Waals surface area contributed by atoms with Crippen LogP contribution in [-0.2, 0) is 17.1 Å². The molecule has 45 valence electrons. The van der Waals surface area contributed by atoms with E-state index >= 15 is 0 Å². The zero-order chi connectivity index (χ0) is 0. The third kappa shape index (κ3) is 466. The topological polar surface area (TPSA) is 162 Å². The van der Waals surface area contributed by atoms with Gasteiger partial charge in [0.15, 0.2) is 0 Å². The molecule has 6 heteroatoms. The van der Waals surface area contributed by atoms with E-state index in [0.29, 0.717) is 0 Å². The van der Waals surface area contributed by atoms with Gasteiger partial charge in [0.05, 0.1) is 0 Å². The van der Waals surface area contributed by atoms with E-state index in [-0.39, 0.29) is 45.8 Å². The zero-order valence-electron chi connectivity index (χ0n) is 3.03. The molecular formula is H10MnN2O3. The van der Waals surface area contributed by atoms with E-state index in [2.05, 4.69) is 0 Å². The van der Waals surface area contributed by atoms with Crippen molar-refractivity contribution in [1.29, 1.82) is 0 Å². The third-order valence-electron chi connectivity index (χ3n) is 0. The fourth-order valence-electron chi connectivity index (χ4n) is 0. The fraction of sp³-hybridized carbons (Fsp3) is 0. The monoisotopic (exact) mass is 141 g/mol. The number of nitrogens with two attached hydrogens (primary N) is 2. The van der Waals surface area contributed by atoms with Crippen molar-refractivity contribution in [3.63, 3.8) is 0 Å². The van der Waals surface area contributed by atoms with E-state index in [1.165, 1.54) is 0 Å². The summed E-state index contributed by atoms with van der Waals surface area (Å²) in [6, 6.07) is 0. The second-order valence-corrected chi connectivity index (χ2v) is 0. The summed E-state index contributed by atoms with van der Waals surface area (Å²) in [5.74, 6) is 0. The quantitative estimate of drug-likeness (QED) is 0.376. The van der Waals surface area contributed by atoms with Crippen LogP contribution >= 0.6 is 0 Å². The minimum Gasteiger partial charge on any atom is -0.693 e. The van der Waals surface area contributed by atoms with Crippen LogP contribution in [0.3, 0.4) is 0 Å². The molecule has 0 saturated heterocycles. The smallest absolute Gasteiger partial charge is 0.693 e. The van der Waals surface area contributed by atoms with Crippen LogP contribution < -0.4 is 0 Å². The van der Waals surface area contributed by atoms with Crippen LogP contribution in [0.5, 0.6) is 0 Å². The van der Waals surface area contributed by atoms with E-state index in [9.17, 15) is 0 Å². The molecule has 0 aliphatic rings. The van der Waals surface area contributed by atoms with Gasteiger partial charge in [-0.1, -0.05) is 0 Å². The molecule has 0 aromatic rings. The Morgan fingerprint density at radius 1 is 0.500 bits per heavy atom. The Hall–Kier alpha value is 0.319. The van der Waals surface area contributed by atoms with Crippen LogP contribution in [0.15, 0.2) is 0 Å². The van der Waals surface area contributed by atoms with Crippen LogP contribution in [-0.4, -0.2) is 16.4 Å². The van der Waals surface area contributed by atoms with Crippen LogP contribution in [0, 0.1) is 0 Å². The summed E-state index contributed by atoms with van der Waals surface area (Å²) in [7, 11) is 0. The van der Waals surface area contributed by atoms with Crippen molar-refractivity contribution in [2.45, 2.75) is 0 Å². The van der Waals surface area contributed by atoms with Gasteiger partial charge in [0.1, 0.15) is 0 Å². The molecule has 0 amide bonds. The molecule has 0 atom stereocenters. The standard InChI is InChI=1S/Mn.2H2N.3H2O/h;5*1H2/q+2;2*-1;;;. The second kappa shape index (κ2) is 972. The van der Waals surface area contributed by atoms with Gasteiger partial charge >= 0.3 is 17.1 Å². The molecule has 0 bridgehead atoms. The predicted octanol–water partition coefficient (Wildman–Crippen LogP) is -1.04. The molecule has 6 heavy (non-hydrogen) atoms. The van der Waals surface area contributed by atoms with E-state index < -0.39 is 0 Å². The molecule has 0 rings (SSSR count). The van der Waals surface area contributed by atoms with Crippen molar-refractivity contribution < 1.29 is 33.5 Å². The van der Waals surface area contributed by atoms with Gasteiger partial charge in [-0.25, -0.2) is 0 Å². The molecule has 0 saturated carbocycles. The normalized spacial score (nSPS) is 0. The first-order valence-corrected chi connectivity index (χ1v) is 0. The van der Waals surface area contributed by atoms with Crippen LogP contribution in [0.1, 0.15) is 0 Å². The van der Waals surface area contributed by atoms with E-state index in [1.807, 2.05) is 0 Å². The summed E-state index contributed by atoms with van der Waals surface area (Å²) in [5.41, 5.74) is 0. The largest absolute Gasteiger partial charge is 2.00 e. The van der Waals surface area contributed by atoms with Crippen molar-refractivity contribution in [2.24, 2.45) is 0 Å². The van der Waals surface area contributed by atoms with Crippen molar-refractivity contribution >= 4 is 0 Å². The first-order valence-electron chi connectivity index (χ1n) is 0. The summed E-state index contributed by atoms with van der Waals surface area (Å²) in [6.45, 7) is 0. The van der Waals surface area contributed by atoms with Crippen LogP contribution in [0.25, 0.3) is 12.3 Å². The van der Waals surface area contributed by atoms with Crippen LogP contribution in [0.2, 0.25) is 0 Å². The molecule has 0 heterocycles. The zero-order valence-corrected chi connectivity index (χ0v) is 4.21. The van der Waals surface area contributed by atoms with Crippen LogP contribution in [0.4, 0.5) is 0 Å². The fourth-order valence-corrected chi connectivity index (χ4v) is 0. The maximum atomic E-state index is 0. The molecule has 0 spiro atoms. The maximum absolute atomic E-state index is 0. The van der Waals surface area contributed by atoms with Crippen molar-refractivity contribution in [3.05, 3.63) is 12.3 Å². The summed E-state index contributed by atoms with van der Waals surface area (Å²) in [4.78, 5) is 0. The number of hydrogen-bond donors (Lipinski definition) is 0. The average Bonchev–Trinajstić information content (AvgIpc) is 0.